The summed E-state index contributed by atoms with van der Waals surface area (Å²) in [5, 5.41) is 4.23. The molecule has 1 heterocycles. The third-order valence-corrected chi connectivity index (χ3v) is 4.71. The van der Waals surface area contributed by atoms with E-state index >= 15 is 0 Å². The van der Waals surface area contributed by atoms with E-state index in [1.54, 1.807) is 4.68 Å². The number of hydrogen-bond acceptors (Lipinski definition) is 3. The molecule has 0 aliphatic heterocycles. The van der Waals surface area contributed by atoms with Gasteiger partial charge >= 0.3 is 0 Å². The van der Waals surface area contributed by atoms with Crippen LogP contribution in [0.3, 0.4) is 0 Å². The smallest absolute Gasteiger partial charge is 0.243 e. The van der Waals surface area contributed by atoms with Crippen LogP contribution < -0.4 is 4.72 Å². The van der Waals surface area contributed by atoms with Crippen molar-refractivity contribution in [2.75, 3.05) is 6.54 Å². The van der Waals surface area contributed by atoms with Crippen LogP contribution in [-0.4, -0.2) is 24.7 Å². The molecular formula is C14H16F3N3O2S. The summed E-state index contributed by atoms with van der Waals surface area (Å²) in [7, 11) is -4.25. The molecule has 23 heavy (non-hydrogen) atoms. The predicted molar refractivity (Wildman–Crippen MR) is 77.8 cm³/mol. The number of rotatable bonds is 6. The van der Waals surface area contributed by atoms with E-state index in [2.05, 4.69) is 9.82 Å². The number of nitrogens with zero attached hydrogens (tertiary/aromatic N) is 2. The SMILES string of the molecule is Cc1cc(C)n(CCCNS(=O)(=O)c2ccc(F)c(F)c2F)n1. The van der Waals surface area contributed by atoms with Gasteiger partial charge in [0, 0.05) is 18.8 Å². The van der Waals surface area contributed by atoms with E-state index in [1.165, 1.54) is 0 Å². The number of benzene rings is 1. The Morgan fingerprint density at radius 2 is 1.87 bits per heavy atom. The number of nitrogens with one attached hydrogen (secondary N) is 1. The lowest BCUT2D eigenvalue weighted by Gasteiger charge is -2.09. The third kappa shape index (κ3) is 3.91. The number of aryl methyl sites for hydroxylation is 3. The fourth-order valence-electron chi connectivity index (χ4n) is 2.13. The van der Waals surface area contributed by atoms with E-state index in [0.717, 1.165) is 11.4 Å². The van der Waals surface area contributed by atoms with Crippen LogP contribution in [0.5, 0.6) is 0 Å². The van der Waals surface area contributed by atoms with E-state index in [0.29, 0.717) is 25.1 Å². The molecule has 5 nitrogen and oxygen atoms in total. The van der Waals surface area contributed by atoms with Crippen molar-refractivity contribution < 1.29 is 21.6 Å². The third-order valence-electron chi connectivity index (χ3n) is 3.23. The highest BCUT2D eigenvalue weighted by Crippen LogP contribution is 2.19. The van der Waals surface area contributed by atoms with Crippen molar-refractivity contribution in [3.05, 3.63) is 47.0 Å². The van der Waals surface area contributed by atoms with Crippen LogP contribution in [0.2, 0.25) is 0 Å². The summed E-state index contributed by atoms with van der Waals surface area (Å²) in [4.78, 5) is -0.914. The predicted octanol–water partition coefficient (Wildman–Crippen LogP) is 2.29. The van der Waals surface area contributed by atoms with E-state index in [9.17, 15) is 21.6 Å². The number of hydrogen-bond donors (Lipinski definition) is 1. The zero-order valence-electron chi connectivity index (χ0n) is 12.6. The average Bonchev–Trinajstić information content (AvgIpc) is 2.79. The first-order valence-electron chi connectivity index (χ1n) is 6.86. The van der Waals surface area contributed by atoms with Crippen molar-refractivity contribution in [3.8, 4) is 0 Å². The van der Waals surface area contributed by atoms with Gasteiger partial charge in [-0.1, -0.05) is 0 Å². The molecular weight excluding hydrogens is 331 g/mol. The van der Waals surface area contributed by atoms with Crippen LogP contribution in [0.1, 0.15) is 17.8 Å². The van der Waals surface area contributed by atoms with Gasteiger partial charge in [-0.25, -0.2) is 26.3 Å². The van der Waals surface area contributed by atoms with Crippen molar-refractivity contribution in [3.63, 3.8) is 0 Å². The van der Waals surface area contributed by atoms with E-state index in [1.807, 2.05) is 19.9 Å². The van der Waals surface area contributed by atoms with Crippen molar-refractivity contribution >= 4 is 10.0 Å². The number of aromatic nitrogens is 2. The Kier molecular flexibility index (Phi) is 5.10. The first kappa shape index (κ1) is 17.5. The minimum Gasteiger partial charge on any atom is -0.270 e. The maximum Gasteiger partial charge on any atom is 0.243 e. The topological polar surface area (TPSA) is 64.0 Å². The van der Waals surface area contributed by atoms with Gasteiger partial charge in [-0.05, 0) is 38.5 Å². The average molecular weight is 347 g/mol. The Morgan fingerprint density at radius 3 is 2.48 bits per heavy atom. The quantitative estimate of drug-likeness (QED) is 0.644. The molecule has 0 bridgehead atoms. The molecule has 0 radical (unpaired) electrons. The van der Waals surface area contributed by atoms with Gasteiger partial charge in [0.05, 0.1) is 5.69 Å². The Balaban J connectivity index is 2.00. The molecule has 0 atom stereocenters. The summed E-state index contributed by atoms with van der Waals surface area (Å²) in [6, 6.07) is 3.15. The standard InChI is InChI=1S/C14H16F3N3O2S/c1-9-8-10(2)20(19-9)7-3-6-18-23(21,22)12-5-4-11(15)13(16)14(12)17/h4-5,8,18H,3,6-7H2,1-2H3. The van der Waals surface area contributed by atoms with Gasteiger partial charge in [-0.3, -0.25) is 4.68 Å². The Hall–Kier alpha value is -1.87. The van der Waals surface area contributed by atoms with Crippen molar-refractivity contribution in [1.29, 1.82) is 0 Å². The van der Waals surface area contributed by atoms with Crippen LogP contribution in [0, 0.1) is 31.3 Å². The highest BCUT2D eigenvalue weighted by molar-refractivity contribution is 7.89. The van der Waals surface area contributed by atoms with Crippen LogP contribution >= 0.6 is 0 Å². The lowest BCUT2D eigenvalue weighted by molar-refractivity contribution is 0.431. The molecule has 9 heteroatoms. The van der Waals surface area contributed by atoms with Gasteiger partial charge in [0.2, 0.25) is 10.0 Å². The molecule has 0 saturated heterocycles. The minimum atomic E-state index is -4.25. The maximum absolute atomic E-state index is 13.5. The fourth-order valence-corrected chi connectivity index (χ4v) is 3.27. The molecule has 2 rings (SSSR count). The highest BCUT2D eigenvalue weighted by atomic mass is 32.2. The summed E-state index contributed by atoms with van der Waals surface area (Å²) in [6.45, 7) is 4.21. The van der Waals surface area contributed by atoms with Gasteiger partial charge in [0.25, 0.3) is 0 Å². The largest absolute Gasteiger partial charge is 0.270 e. The van der Waals surface area contributed by atoms with Gasteiger partial charge < -0.3 is 0 Å². The molecule has 1 N–H and O–H groups in total. The molecule has 0 aliphatic rings. The molecule has 0 saturated carbocycles. The first-order chi connectivity index (χ1) is 10.7. The van der Waals surface area contributed by atoms with E-state index in [4.69, 9.17) is 0 Å². The summed E-state index contributed by atoms with van der Waals surface area (Å²) < 4.78 is 67.3. The summed E-state index contributed by atoms with van der Waals surface area (Å²) in [5.41, 5.74) is 1.80. The molecule has 0 spiro atoms. The fraction of sp³-hybridized carbons (Fsp3) is 0.357. The molecule has 0 amide bonds. The summed E-state index contributed by atoms with van der Waals surface area (Å²) in [6.07, 6.45) is 0.409. The van der Waals surface area contributed by atoms with Crippen LogP contribution in [0.15, 0.2) is 23.1 Å². The van der Waals surface area contributed by atoms with Crippen LogP contribution in [0.4, 0.5) is 13.2 Å². The summed E-state index contributed by atoms with van der Waals surface area (Å²) in [5.74, 6) is -4.97. The molecule has 2 aromatic rings. The lowest BCUT2D eigenvalue weighted by atomic mass is 10.3. The Bertz CT molecular complexity index is 819. The van der Waals surface area contributed by atoms with Gasteiger partial charge in [0.15, 0.2) is 17.5 Å². The molecule has 0 unspecified atom stereocenters. The van der Waals surface area contributed by atoms with Crippen LogP contribution in [0.25, 0.3) is 0 Å². The van der Waals surface area contributed by atoms with Crippen molar-refractivity contribution in [1.82, 2.24) is 14.5 Å². The van der Waals surface area contributed by atoms with Gasteiger partial charge in [-0.15, -0.1) is 0 Å². The van der Waals surface area contributed by atoms with Crippen molar-refractivity contribution in [2.24, 2.45) is 0 Å². The van der Waals surface area contributed by atoms with E-state index in [-0.39, 0.29) is 6.54 Å². The second-order valence-corrected chi connectivity index (χ2v) is 6.81. The first-order valence-corrected chi connectivity index (χ1v) is 8.35. The zero-order valence-corrected chi connectivity index (χ0v) is 13.4. The minimum absolute atomic E-state index is 0.0130. The highest BCUT2D eigenvalue weighted by Gasteiger charge is 2.23. The second-order valence-electron chi connectivity index (χ2n) is 5.08. The second kappa shape index (κ2) is 6.71. The normalized spacial score (nSPS) is 11.9. The van der Waals surface area contributed by atoms with Gasteiger partial charge in [-0.2, -0.15) is 5.10 Å². The monoisotopic (exact) mass is 347 g/mol. The summed E-state index contributed by atoms with van der Waals surface area (Å²) >= 11 is 0. The van der Waals surface area contributed by atoms with Gasteiger partial charge in [0.1, 0.15) is 4.90 Å². The molecule has 1 aromatic heterocycles. The molecule has 1 aromatic carbocycles. The maximum atomic E-state index is 13.5. The molecule has 126 valence electrons. The Morgan fingerprint density at radius 1 is 1.17 bits per heavy atom. The van der Waals surface area contributed by atoms with E-state index < -0.39 is 32.4 Å². The Labute approximate surface area is 132 Å². The lowest BCUT2D eigenvalue weighted by Crippen LogP contribution is -2.27. The zero-order chi connectivity index (χ0) is 17.2. The van der Waals surface area contributed by atoms with Crippen molar-refractivity contribution in [2.45, 2.75) is 31.7 Å². The number of halogens is 3. The molecule has 0 fully saturated rings. The number of sulfonamides is 1. The molecule has 0 aliphatic carbocycles. The van der Waals surface area contributed by atoms with Crippen LogP contribution in [-0.2, 0) is 16.6 Å².